The highest BCUT2D eigenvalue weighted by atomic mass is 79.9. The van der Waals surface area contributed by atoms with Gasteiger partial charge in [0, 0.05) is 6.04 Å². The average Bonchev–Trinajstić information content (AvgIpc) is 2.43. The Bertz CT molecular complexity index is 751. The molecule has 21 heavy (non-hydrogen) atoms. The van der Waals surface area contributed by atoms with Gasteiger partial charge in [0.05, 0.1) is 10.2 Å². The van der Waals surface area contributed by atoms with Crippen LogP contribution in [0, 0.1) is 5.82 Å². The summed E-state index contributed by atoms with van der Waals surface area (Å²) in [7, 11) is -3.85. The van der Waals surface area contributed by atoms with Crippen LogP contribution in [-0.2, 0) is 10.0 Å². The van der Waals surface area contributed by atoms with Gasteiger partial charge in [0.25, 0.3) is 0 Å². The van der Waals surface area contributed by atoms with E-state index < -0.39 is 21.9 Å². The van der Waals surface area contributed by atoms with Gasteiger partial charge in [-0.3, -0.25) is 0 Å². The zero-order valence-electron chi connectivity index (χ0n) is 11.2. The van der Waals surface area contributed by atoms with Crippen LogP contribution in [0.1, 0.15) is 18.5 Å². The maximum atomic E-state index is 13.3. The quantitative estimate of drug-likeness (QED) is 0.809. The van der Waals surface area contributed by atoms with Crippen molar-refractivity contribution in [3.8, 4) is 0 Å². The van der Waals surface area contributed by atoms with E-state index in [1.165, 1.54) is 0 Å². The SMILES string of the molecule is CC(NS(=O)(=O)c1cc(Br)c(F)cc1N)c1ccccc1. The first-order chi connectivity index (χ1) is 9.81. The van der Waals surface area contributed by atoms with E-state index in [1.807, 2.05) is 30.3 Å². The first kappa shape index (κ1) is 15.9. The number of nitrogen functional groups attached to an aromatic ring is 1. The monoisotopic (exact) mass is 372 g/mol. The maximum absolute atomic E-state index is 13.3. The molecule has 2 aromatic carbocycles. The lowest BCUT2D eigenvalue weighted by molar-refractivity contribution is 0.566. The zero-order chi connectivity index (χ0) is 15.6. The van der Waals surface area contributed by atoms with Crippen molar-refractivity contribution in [2.45, 2.75) is 17.9 Å². The smallest absolute Gasteiger partial charge is 0.243 e. The van der Waals surface area contributed by atoms with Crippen LogP contribution in [0.3, 0.4) is 0 Å². The summed E-state index contributed by atoms with van der Waals surface area (Å²) in [6.07, 6.45) is 0. The molecule has 0 fully saturated rings. The predicted molar refractivity (Wildman–Crippen MR) is 83.7 cm³/mol. The second-order valence-electron chi connectivity index (χ2n) is 4.56. The van der Waals surface area contributed by atoms with Gasteiger partial charge in [-0.2, -0.15) is 0 Å². The molecule has 0 aromatic heterocycles. The van der Waals surface area contributed by atoms with E-state index in [0.717, 1.165) is 17.7 Å². The van der Waals surface area contributed by atoms with Crippen LogP contribution >= 0.6 is 15.9 Å². The Morgan fingerprint density at radius 2 is 1.86 bits per heavy atom. The van der Waals surface area contributed by atoms with Gasteiger partial charge < -0.3 is 5.73 Å². The van der Waals surface area contributed by atoms with Gasteiger partial charge in [0.15, 0.2) is 0 Å². The molecule has 0 saturated carbocycles. The average molecular weight is 373 g/mol. The van der Waals surface area contributed by atoms with Crippen LogP contribution in [-0.4, -0.2) is 8.42 Å². The third kappa shape index (κ3) is 3.61. The summed E-state index contributed by atoms with van der Waals surface area (Å²) in [5.41, 5.74) is 6.30. The summed E-state index contributed by atoms with van der Waals surface area (Å²) in [5.74, 6) is -0.609. The molecular weight excluding hydrogens is 359 g/mol. The van der Waals surface area contributed by atoms with Crippen LogP contribution in [0.5, 0.6) is 0 Å². The van der Waals surface area contributed by atoms with E-state index >= 15 is 0 Å². The third-order valence-corrected chi connectivity index (χ3v) is 5.18. The highest BCUT2D eigenvalue weighted by molar-refractivity contribution is 9.10. The van der Waals surface area contributed by atoms with E-state index in [1.54, 1.807) is 6.92 Å². The number of nitrogens with two attached hydrogens (primary N) is 1. The number of benzene rings is 2. The van der Waals surface area contributed by atoms with Crippen molar-refractivity contribution in [3.05, 3.63) is 58.3 Å². The maximum Gasteiger partial charge on any atom is 0.243 e. The van der Waals surface area contributed by atoms with Crippen molar-refractivity contribution in [1.82, 2.24) is 4.72 Å². The van der Waals surface area contributed by atoms with E-state index in [-0.39, 0.29) is 15.1 Å². The molecule has 0 heterocycles. The Morgan fingerprint density at radius 3 is 2.48 bits per heavy atom. The summed E-state index contributed by atoms with van der Waals surface area (Å²) in [4.78, 5) is -0.154. The molecule has 0 spiro atoms. The normalized spacial score (nSPS) is 13.1. The predicted octanol–water partition coefficient (Wildman–Crippen LogP) is 3.21. The first-order valence-electron chi connectivity index (χ1n) is 6.13. The molecule has 2 rings (SSSR count). The Kier molecular flexibility index (Phi) is 4.65. The summed E-state index contributed by atoms with van der Waals surface area (Å²) in [6.45, 7) is 1.72. The number of rotatable bonds is 4. The van der Waals surface area contributed by atoms with Crippen molar-refractivity contribution < 1.29 is 12.8 Å². The molecule has 3 N–H and O–H groups in total. The highest BCUT2D eigenvalue weighted by Gasteiger charge is 2.22. The number of anilines is 1. The van der Waals surface area contributed by atoms with Gasteiger partial charge in [0.2, 0.25) is 10.0 Å². The fraction of sp³-hybridized carbons (Fsp3) is 0.143. The van der Waals surface area contributed by atoms with Crippen LogP contribution < -0.4 is 10.5 Å². The molecule has 0 saturated heterocycles. The topological polar surface area (TPSA) is 72.2 Å². The lowest BCUT2D eigenvalue weighted by Crippen LogP contribution is -2.27. The van der Waals surface area contributed by atoms with Crippen LogP contribution in [0.25, 0.3) is 0 Å². The van der Waals surface area contributed by atoms with Crippen molar-refractivity contribution in [1.29, 1.82) is 0 Å². The fourth-order valence-electron chi connectivity index (χ4n) is 1.88. The molecule has 1 atom stereocenters. The zero-order valence-corrected chi connectivity index (χ0v) is 13.6. The number of hydrogen-bond donors (Lipinski definition) is 2. The molecule has 1 unspecified atom stereocenters. The van der Waals surface area contributed by atoms with Gasteiger partial charge in [-0.15, -0.1) is 0 Å². The first-order valence-corrected chi connectivity index (χ1v) is 8.40. The number of nitrogens with one attached hydrogen (secondary N) is 1. The molecule has 0 amide bonds. The molecule has 0 aliphatic rings. The van der Waals surface area contributed by atoms with Gasteiger partial charge in [-0.1, -0.05) is 30.3 Å². The highest BCUT2D eigenvalue weighted by Crippen LogP contribution is 2.27. The molecular formula is C14H14BrFN2O2S. The minimum absolute atomic E-state index is 0.0458. The van der Waals surface area contributed by atoms with E-state index in [9.17, 15) is 12.8 Å². The second-order valence-corrected chi connectivity index (χ2v) is 7.09. The summed E-state index contributed by atoms with van der Waals surface area (Å²) < 4.78 is 40.6. The molecule has 0 aliphatic carbocycles. The van der Waals surface area contributed by atoms with Crippen molar-refractivity contribution >= 4 is 31.6 Å². The standard InChI is InChI=1S/C14H14BrFN2O2S/c1-9(10-5-3-2-4-6-10)18-21(19,20)14-7-11(15)12(16)8-13(14)17/h2-9,18H,17H2,1H3. The van der Waals surface area contributed by atoms with E-state index in [2.05, 4.69) is 20.7 Å². The van der Waals surface area contributed by atoms with E-state index in [0.29, 0.717) is 0 Å². The molecule has 4 nitrogen and oxygen atoms in total. The Hall–Kier alpha value is -1.44. The molecule has 112 valence electrons. The summed E-state index contributed by atoms with van der Waals surface area (Å²) >= 11 is 2.96. The Morgan fingerprint density at radius 1 is 1.24 bits per heavy atom. The number of hydrogen-bond acceptors (Lipinski definition) is 3. The molecule has 0 aliphatic heterocycles. The van der Waals surface area contributed by atoms with Gasteiger partial charge in [0.1, 0.15) is 10.7 Å². The Balaban J connectivity index is 2.33. The van der Waals surface area contributed by atoms with Crippen LogP contribution in [0.15, 0.2) is 51.8 Å². The van der Waals surface area contributed by atoms with Gasteiger partial charge >= 0.3 is 0 Å². The third-order valence-electron chi connectivity index (χ3n) is 2.97. The van der Waals surface area contributed by atoms with Crippen LogP contribution in [0.4, 0.5) is 10.1 Å². The molecule has 0 bridgehead atoms. The van der Waals surface area contributed by atoms with Gasteiger partial charge in [-0.05, 0) is 40.5 Å². The number of halogens is 2. The second kappa shape index (κ2) is 6.13. The fourth-order valence-corrected chi connectivity index (χ4v) is 3.75. The molecule has 0 radical (unpaired) electrons. The minimum atomic E-state index is -3.85. The summed E-state index contributed by atoms with van der Waals surface area (Å²) in [5, 5.41) is 0. The minimum Gasteiger partial charge on any atom is -0.398 e. The number of sulfonamides is 1. The van der Waals surface area contributed by atoms with Crippen LogP contribution in [0.2, 0.25) is 0 Å². The summed E-state index contributed by atoms with van der Waals surface area (Å²) in [6, 6.07) is 10.8. The van der Waals surface area contributed by atoms with E-state index in [4.69, 9.17) is 5.73 Å². The van der Waals surface area contributed by atoms with Gasteiger partial charge in [-0.25, -0.2) is 17.5 Å². The molecule has 2 aromatic rings. The lowest BCUT2D eigenvalue weighted by atomic mass is 10.1. The Labute approximate surface area is 131 Å². The molecule has 7 heteroatoms. The largest absolute Gasteiger partial charge is 0.398 e. The van der Waals surface area contributed by atoms with Crippen molar-refractivity contribution in [2.24, 2.45) is 0 Å². The van der Waals surface area contributed by atoms with Crippen molar-refractivity contribution in [2.75, 3.05) is 5.73 Å². The van der Waals surface area contributed by atoms with Crippen molar-refractivity contribution in [3.63, 3.8) is 0 Å². The lowest BCUT2D eigenvalue weighted by Gasteiger charge is -2.16.